The second-order valence-corrected chi connectivity index (χ2v) is 2.43. The summed E-state index contributed by atoms with van der Waals surface area (Å²) >= 11 is 3.31. The van der Waals surface area contributed by atoms with Crippen LogP contribution in [0.5, 0.6) is 0 Å². The molecule has 0 fully saturated rings. The highest BCUT2D eigenvalue weighted by atomic mass is 79.9. The summed E-state index contributed by atoms with van der Waals surface area (Å²) in [5, 5.41) is 7.32. The Morgan fingerprint density at radius 3 is 1.90 bits per heavy atom. The zero-order chi connectivity index (χ0) is 7.82. The monoisotopic (exact) mass is 197 g/mol. The standard InChI is InChI=1S/C6H5Br.C2H3N/c7-6-4-2-1-3-5-6;1-2-3/h1-5H;1H3. The predicted molar refractivity (Wildman–Crippen MR) is 45.4 cm³/mol. The van der Waals surface area contributed by atoms with E-state index >= 15 is 0 Å². The highest BCUT2D eigenvalue weighted by Crippen LogP contribution is 2.05. The van der Waals surface area contributed by atoms with Crippen molar-refractivity contribution in [3.63, 3.8) is 0 Å². The van der Waals surface area contributed by atoms with Crippen LogP contribution in [-0.2, 0) is 0 Å². The molecule has 0 aliphatic carbocycles. The van der Waals surface area contributed by atoms with Gasteiger partial charge in [0.05, 0.1) is 6.07 Å². The quantitative estimate of drug-likeness (QED) is 0.628. The van der Waals surface area contributed by atoms with Crippen molar-refractivity contribution in [1.29, 1.82) is 5.26 Å². The molecule has 1 rings (SSSR count). The van der Waals surface area contributed by atoms with Crippen LogP contribution >= 0.6 is 15.9 Å². The van der Waals surface area contributed by atoms with Crippen LogP contribution in [0.2, 0.25) is 0 Å². The second kappa shape index (κ2) is 6.31. The SMILES string of the molecule is Brc1ccccc1.CC#N. The van der Waals surface area contributed by atoms with E-state index in [0.29, 0.717) is 0 Å². The molecule has 1 aromatic carbocycles. The van der Waals surface area contributed by atoms with Gasteiger partial charge in [-0.15, -0.1) is 0 Å². The van der Waals surface area contributed by atoms with Crippen molar-refractivity contribution < 1.29 is 0 Å². The van der Waals surface area contributed by atoms with Crippen LogP contribution in [-0.4, -0.2) is 0 Å². The number of nitrogens with zero attached hydrogens (tertiary/aromatic N) is 1. The second-order valence-electron chi connectivity index (χ2n) is 1.52. The molecule has 0 saturated carbocycles. The average Bonchev–Trinajstić information content (AvgIpc) is 1.91. The van der Waals surface area contributed by atoms with Gasteiger partial charge in [-0.2, -0.15) is 5.26 Å². The fourth-order valence-electron chi connectivity index (χ4n) is 0.415. The number of halogens is 1. The Hall–Kier alpha value is -0.810. The molecule has 1 nitrogen and oxygen atoms in total. The van der Waals surface area contributed by atoms with Crippen molar-refractivity contribution in [2.24, 2.45) is 0 Å². The zero-order valence-corrected chi connectivity index (χ0v) is 7.30. The fraction of sp³-hybridized carbons (Fsp3) is 0.125. The lowest BCUT2D eigenvalue weighted by Gasteiger charge is -1.80. The summed E-state index contributed by atoms with van der Waals surface area (Å²) in [5.74, 6) is 0. The number of hydrogen-bond acceptors (Lipinski definition) is 1. The van der Waals surface area contributed by atoms with Gasteiger partial charge in [-0.1, -0.05) is 34.1 Å². The zero-order valence-electron chi connectivity index (χ0n) is 5.71. The van der Waals surface area contributed by atoms with E-state index in [2.05, 4.69) is 15.9 Å². The van der Waals surface area contributed by atoms with E-state index in [9.17, 15) is 0 Å². The van der Waals surface area contributed by atoms with Crippen LogP contribution in [0.25, 0.3) is 0 Å². The Bertz CT molecular complexity index is 200. The number of benzene rings is 1. The van der Waals surface area contributed by atoms with Gasteiger partial charge in [0.1, 0.15) is 0 Å². The molecule has 0 unspecified atom stereocenters. The lowest BCUT2D eigenvalue weighted by molar-refractivity contribution is 1.49. The summed E-state index contributed by atoms with van der Waals surface area (Å²) in [5.41, 5.74) is 0. The molecular formula is C8H8BrN. The van der Waals surface area contributed by atoms with Gasteiger partial charge < -0.3 is 0 Å². The smallest absolute Gasteiger partial charge is 0.0587 e. The maximum atomic E-state index is 7.32. The van der Waals surface area contributed by atoms with Crippen LogP contribution in [0.15, 0.2) is 34.8 Å². The first-order valence-electron chi connectivity index (χ1n) is 2.82. The van der Waals surface area contributed by atoms with Crippen molar-refractivity contribution in [3.05, 3.63) is 34.8 Å². The van der Waals surface area contributed by atoms with Gasteiger partial charge >= 0.3 is 0 Å². The molecule has 2 heteroatoms. The first-order chi connectivity index (χ1) is 4.81. The molecule has 52 valence electrons. The molecule has 10 heavy (non-hydrogen) atoms. The minimum absolute atomic E-state index is 1.13. The highest BCUT2D eigenvalue weighted by Gasteiger charge is 1.74. The van der Waals surface area contributed by atoms with Gasteiger partial charge in [0.2, 0.25) is 0 Å². The molecule has 0 radical (unpaired) electrons. The maximum absolute atomic E-state index is 7.32. The molecule has 1 aromatic rings. The molecule has 0 bridgehead atoms. The summed E-state index contributed by atoms with van der Waals surface area (Å²) in [6.45, 7) is 1.43. The molecule has 0 spiro atoms. The Balaban J connectivity index is 0.000000236. The third-order valence-electron chi connectivity index (χ3n) is 0.733. The Labute approximate surface area is 69.4 Å². The molecule has 0 heterocycles. The van der Waals surface area contributed by atoms with Gasteiger partial charge in [-0.05, 0) is 12.1 Å². The largest absolute Gasteiger partial charge is 0.199 e. The van der Waals surface area contributed by atoms with Gasteiger partial charge in [0, 0.05) is 11.4 Å². The third-order valence-corrected chi connectivity index (χ3v) is 1.26. The number of rotatable bonds is 0. The van der Waals surface area contributed by atoms with Gasteiger partial charge in [0.15, 0.2) is 0 Å². The van der Waals surface area contributed by atoms with Gasteiger partial charge in [-0.3, -0.25) is 0 Å². The Morgan fingerprint density at radius 2 is 1.70 bits per heavy atom. The van der Waals surface area contributed by atoms with Crippen molar-refractivity contribution in [2.45, 2.75) is 6.92 Å². The summed E-state index contributed by atoms with van der Waals surface area (Å²) < 4.78 is 1.13. The number of hydrogen-bond donors (Lipinski definition) is 0. The highest BCUT2D eigenvalue weighted by molar-refractivity contribution is 9.10. The van der Waals surface area contributed by atoms with E-state index in [1.54, 1.807) is 6.07 Å². The minimum Gasteiger partial charge on any atom is -0.199 e. The van der Waals surface area contributed by atoms with Crippen molar-refractivity contribution in [2.75, 3.05) is 0 Å². The molecule has 0 amide bonds. The topological polar surface area (TPSA) is 23.8 Å². The summed E-state index contributed by atoms with van der Waals surface area (Å²) in [6, 6.07) is 11.7. The first kappa shape index (κ1) is 9.19. The Morgan fingerprint density at radius 1 is 1.30 bits per heavy atom. The molecule has 0 aliphatic rings. The van der Waals surface area contributed by atoms with Crippen LogP contribution in [0.1, 0.15) is 6.92 Å². The third kappa shape index (κ3) is 5.33. The normalized spacial score (nSPS) is 6.90. The Kier molecular flexibility index (Phi) is 5.80. The molecule has 0 aliphatic heterocycles. The van der Waals surface area contributed by atoms with E-state index in [4.69, 9.17) is 5.26 Å². The average molecular weight is 198 g/mol. The van der Waals surface area contributed by atoms with Crippen LogP contribution in [0.3, 0.4) is 0 Å². The fourth-order valence-corrected chi connectivity index (χ4v) is 0.720. The molecule has 0 atom stereocenters. The van der Waals surface area contributed by atoms with E-state index in [1.807, 2.05) is 30.3 Å². The molecule has 0 aromatic heterocycles. The van der Waals surface area contributed by atoms with Gasteiger partial charge in [-0.25, -0.2) is 0 Å². The summed E-state index contributed by atoms with van der Waals surface area (Å²) in [7, 11) is 0. The first-order valence-corrected chi connectivity index (χ1v) is 3.62. The van der Waals surface area contributed by atoms with E-state index in [-0.39, 0.29) is 0 Å². The van der Waals surface area contributed by atoms with E-state index < -0.39 is 0 Å². The number of nitriles is 1. The van der Waals surface area contributed by atoms with Crippen LogP contribution in [0, 0.1) is 11.3 Å². The minimum atomic E-state index is 1.13. The predicted octanol–water partition coefficient (Wildman–Crippen LogP) is 2.98. The molecular weight excluding hydrogens is 190 g/mol. The van der Waals surface area contributed by atoms with Gasteiger partial charge in [0.25, 0.3) is 0 Å². The summed E-state index contributed by atoms with van der Waals surface area (Å²) in [6.07, 6.45) is 0. The molecule has 0 N–H and O–H groups in total. The van der Waals surface area contributed by atoms with E-state index in [0.717, 1.165) is 4.47 Å². The van der Waals surface area contributed by atoms with Crippen molar-refractivity contribution >= 4 is 15.9 Å². The summed E-state index contributed by atoms with van der Waals surface area (Å²) in [4.78, 5) is 0. The van der Waals surface area contributed by atoms with Crippen molar-refractivity contribution in [3.8, 4) is 6.07 Å². The van der Waals surface area contributed by atoms with E-state index in [1.165, 1.54) is 6.92 Å². The molecule has 0 saturated heterocycles. The maximum Gasteiger partial charge on any atom is 0.0587 e. The lowest BCUT2D eigenvalue weighted by Crippen LogP contribution is -1.55. The van der Waals surface area contributed by atoms with Crippen LogP contribution < -0.4 is 0 Å². The van der Waals surface area contributed by atoms with Crippen molar-refractivity contribution in [1.82, 2.24) is 0 Å². The lowest BCUT2D eigenvalue weighted by atomic mass is 10.4. The van der Waals surface area contributed by atoms with Crippen LogP contribution in [0.4, 0.5) is 0 Å².